The molecule has 2 N–H and O–H groups in total. The largest absolute Gasteiger partial charge is 0.367 e. The molecule has 1 aromatic heterocycles. The van der Waals surface area contributed by atoms with Crippen molar-refractivity contribution in [1.82, 2.24) is 10.1 Å². The Labute approximate surface area is 102 Å². The molecule has 96 valence electrons. The van der Waals surface area contributed by atoms with Crippen LogP contribution in [0.1, 0.15) is 63.7 Å². The van der Waals surface area contributed by atoms with Gasteiger partial charge in [-0.15, -0.1) is 0 Å². The third kappa shape index (κ3) is 2.50. The van der Waals surface area contributed by atoms with Gasteiger partial charge in [0.15, 0.2) is 0 Å². The lowest BCUT2D eigenvalue weighted by Crippen LogP contribution is -2.33. The van der Waals surface area contributed by atoms with Gasteiger partial charge < -0.3 is 15.0 Å². The summed E-state index contributed by atoms with van der Waals surface area (Å²) in [5, 5.41) is 4.06. The van der Waals surface area contributed by atoms with Gasteiger partial charge in [0, 0.05) is 6.61 Å². The first-order chi connectivity index (χ1) is 8.18. The molecule has 0 amide bonds. The van der Waals surface area contributed by atoms with Crippen molar-refractivity contribution < 1.29 is 9.26 Å². The van der Waals surface area contributed by atoms with E-state index in [1.165, 1.54) is 6.42 Å². The predicted octanol–water partition coefficient (Wildman–Crippen LogP) is 2.29. The molecule has 0 radical (unpaired) electrons. The lowest BCUT2D eigenvalue weighted by atomic mass is 9.84. The molecular weight excluding hydrogens is 218 g/mol. The third-order valence-electron chi connectivity index (χ3n) is 3.32. The van der Waals surface area contributed by atoms with Crippen molar-refractivity contribution >= 4 is 0 Å². The Morgan fingerprint density at radius 1 is 1.41 bits per heavy atom. The third-order valence-corrected chi connectivity index (χ3v) is 3.32. The summed E-state index contributed by atoms with van der Waals surface area (Å²) >= 11 is 0. The van der Waals surface area contributed by atoms with Crippen molar-refractivity contribution in [2.24, 2.45) is 5.73 Å². The molecule has 0 aliphatic heterocycles. The molecule has 1 aromatic rings. The van der Waals surface area contributed by atoms with E-state index in [4.69, 9.17) is 15.0 Å². The Kier molecular flexibility index (Phi) is 3.79. The van der Waals surface area contributed by atoms with Gasteiger partial charge in [-0.05, 0) is 26.7 Å². The maximum absolute atomic E-state index is 5.92. The average Bonchev–Trinajstić information content (AvgIpc) is 2.80. The van der Waals surface area contributed by atoms with Crippen molar-refractivity contribution in [3.8, 4) is 0 Å². The number of ether oxygens (including phenoxy) is 1. The van der Waals surface area contributed by atoms with E-state index >= 15 is 0 Å². The van der Waals surface area contributed by atoms with Gasteiger partial charge in [0.2, 0.25) is 11.7 Å². The molecule has 5 heteroatoms. The minimum atomic E-state index is -0.344. The molecule has 0 aromatic carbocycles. The van der Waals surface area contributed by atoms with Crippen molar-refractivity contribution in [3.63, 3.8) is 0 Å². The van der Waals surface area contributed by atoms with Gasteiger partial charge in [-0.2, -0.15) is 4.98 Å². The van der Waals surface area contributed by atoms with E-state index in [1.54, 1.807) is 0 Å². The highest BCUT2D eigenvalue weighted by molar-refractivity contribution is 5.04. The van der Waals surface area contributed by atoms with Crippen LogP contribution in [0, 0.1) is 0 Å². The lowest BCUT2D eigenvalue weighted by molar-refractivity contribution is -0.0777. The van der Waals surface area contributed by atoms with E-state index in [2.05, 4.69) is 10.1 Å². The topological polar surface area (TPSA) is 74.2 Å². The summed E-state index contributed by atoms with van der Waals surface area (Å²) in [6.45, 7) is 4.51. The van der Waals surface area contributed by atoms with E-state index in [-0.39, 0.29) is 11.6 Å². The molecule has 1 atom stereocenters. The number of hydrogen-bond donors (Lipinski definition) is 1. The van der Waals surface area contributed by atoms with Gasteiger partial charge in [0.25, 0.3) is 0 Å². The molecule has 2 rings (SSSR count). The number of nitrogens with two attached hydrogens (primary N) is 1. The zero-order chi connectivity index (χ0) is 12.3. The van der Waals surface area contributed by atoms with E-state index in [0.29, 0.717) is 18.3 Å². The molecule has 1 fully saturated rings. The first-order valence-electron chi connectivity index (χ1n) is 6.41. The second-order valence-electron chi connectivity index (χ2n) is 4.73. The van der Waals surface area contributed by atoms with Gasteiger partial charge >= 0.3 is 0 Å². The van der Waals surface area contributed by atoms with E-state index in [9.17, 15) is 0 Å². The van der Waals surface area contributed by atoms with Gasteiger partial charge in [-0.25, -0.2) is 0 Å². The minimum absolute atomic E-state index is 0.224. The van der Waals surface area contributed by atoms with Crippen LogP contribution in [0.5, 0.6) is 0 Å². The Balaban J connectivity index is 2.24. The summed E-state index contributed by atoms with van der Waals surface area (Å²) < 4.78 is 11.1. The summed E-state index contributed by atoms with van der Waals surface area (Å²) in [6, 6.07) is -0.224. The van der Waals surface area contributed by atoms with Gasteiger partial charge in [0.1, 0.15) is 5.60 Å². The smallest absolute Gasteiger partial charge is 0.243 e. The summed E-state index contributed by atoms with van der Waals surface area (Å²) in [4.78, 5) is 4.40. The van der Waals surface area contributed by atoms with Crippen LogP contribution in [0.15, 0.2) is 4.52 Å². The fraction of sp³-hybridized carbons (Fsp3) is 0.833. The van der Waals surface area contributed by atoms with Crippen LogP contribution in [0.2, 0.25) is 0 Å². The molecule has 0 saturated heterocycles. The summed E-state index contributed by atoms with van der Waals surface area (Å²) in [6.07, 6.45) is 5.51. The zero-order valence-electron chi connectivity index (χ0n) is 10.6. The van der Waals surface area contributed by atoms with E-state index in [1.807, 2.05) is 13.8 Å². The minimum Gasteiger partial charge on any atom is -0.367 e. The standard InChI is InChI=1S/C12H21N3O2/c1-3-16-12(7-5-4-6-8-12)11-14-10(9(2)13)17-15-11/h9H,3-8,13H2,1-2H3/t9-/m0/s1. The highest BCUT2D eigenvalue weighted by Crippen LogP contribution is 2.39. The van der Waals surface area contributed by atoms with Crippen molar-refractivity contribution in [2.75, 3.05) is 6.61 Å². The van der Waals surface area contributed by atoms with Crippen LogP contribution >= 0.6 is 0 Å². The highest BCUT2D eigenvalue weighted by Gasteiger charge is 2.39. The summed E-state index contributed by atoms with van der Waals surface area (Å²) in [5.74, 6) is 1.16. The molecule has 5 nitrogen and oxygen atoms in total. The predicted molar refractivity (Wildman–Crippen MR) is 63.3 cm³/mol. The molecule has 1 aliphatic rings. The maximum atomic E-state index is 5.92. The number of rotatable bonds is 4. The SMILES string of the molecule is CCOC1(c2noc([C@H](C)N)n2)CCCCC1. The van der Waals surface area contributed by atoms with Crippen LogP contribution in [0.3, 0.4) is 0 Å². The molecule has 1 aliphatic carbocycles. The fourth-order valence-corrected chi connectivity index (χ4v) is 2.44. The average molecular weight is 239 g/mol. The van der Waals surface area contributed by atoms with Crippen LogP contribution in [-0.4, -0.2) is 16.7 Å². The van der Waals surface area contributed by atoms with Crippen LogP contribution in [0.4, 0.5) is 0 Å². The summed E-state index contributed by atoms with van der Waals surface area (Å²) in [5.41, 5.74) is 5.39. The van der Waals surface area contributed by atoms with Crippen molar-refractivity contribution in [2.45, 2.75) is 57.6 Å². The second kappa shape index (κ2) is 5.14. The quantitative estimate of drug-likeness (QED) is 0.872. The molecule has 0 unspecified atom stereocenters. The fourth-order valence-electron chi connectivity index (χ4n) is 2.44. The second-order valence-corrected chi connectivity index (χ2v) is 4.73. The molecular formula is C12H21N3O2. The van der Waals surface area contributed by atoms with Gasteiger partial charge in [0.05, 0.1) is 6.04 Å². The van der Waals surface area contributed by atoms with E-state index < -0.39 is 0 Å². The van der Waals surface area contributed by atoms with Crippen LogP contribution < -0.4 is 5.73 Å². The van der Waals surface area contributed by atoms with Crippen LogP contribution in [0.25, 0.3) is 0 Å². The monoisotopic (exact) mass is 239 g/mol. The zero-order valence-corrected chi connectivity index (χ0v) is 10.6. The Hall–Kier alpha value is -0.940. The summed E-state index contributed by atoms with van der Waals surface area (Å²) in [7, 11) is 0. The van der Waals surface area contributed by atoms with Crippen molar-refractivity contribution in [1.29, 1.82) is 0 Å². The molecule has 0 spiro atoms. The number of nitrogens with zero attached hydrogens (tertiary/aromatic N) is 2. The Morgan fingerprint density at radius 2 is 2.12 bits per heavy atom. The van der Waals surface area contributed by atoms with Crippen molar-refractivity contribution in [3.05, 3.63) is 11.7 Å². The first kappa shape index (κ1) is 12.5. The van der Waals surface area contributed by atoms with Crippen LogP contribution in [-0.2, 0) is 10.3 Å². The molecule has 1 saturated carbocycles. The Bertz CT molecular complexity index is 351. The van der Waals surface area contributed by atoms with Gasteiger partial charge in [-0.3, -0.25) is 0 Å². The first-order valence-corrected chi connectivity index (χ1v) is 6.41. The highest BCUT2D eigenvalue weighted by atomic mass is 16.5. The molecule has 17 heavy (non-hydrogen) atoms. The maximum Gasteiger partial charge on any atom is 0.243 e. The number of hydrogen-bond acceptors (Lipinski definition) is 5. The van der Waals surface area contributed by atoms with E-state index in [0.717, 1.165) is 25.7 Å². The normalized spacial score (nSPS) is 21.4. The number of aromatic nitrogens is 2. The molecule has 1 heterocycles. The lowest BCUT2D eigenvalue weighted by Gasteiger charge is -2.33. The van der Waals surface area contributed by atoms with Gasteiger partial charge in [-0.1, -0.05) is 24.4 Å². The Morgan fingerprint density at radius 3 is 2.65 bits per heavy atom. The molecule has 0 bridgehead atoms.